The van der Waals surface area contributed by atoms with E-state index >= 15 is 0 Å². The van der Waals surface area contributed by atoms with Gasteiger partial charge in [-0.15, -0.1) is 0 Å². The summed E-state index contributed by atoms with van der Waals surface area (Å²) in [6, 6.07) is 16.2. The zero-order chi connectivity index (χ0) is 24.6. The molecule has 2 aromatic rings. The number of benzene rings is 2. The third kappa shape index (κ3) is 6.98. The first-order valence-electron chi connectivity index (χ1n) is 13.1. The maximum Gasteiger partial charge on any atom is 0.254 e. The molecule has 1 amide bonds. The predicted molar refractivity (Wildman–Crippen MR) is 138 cm³/mol. The van der Waals surface area contributed by atoms with Gasteiger partial charge < -0.3 is 19.1 Å². The highest BCUT2D eigenvalue weighted by Gasteiger charge is 2.34. The Hall–Kier alpha value is -2.57. The van der Waals surface area contributed by atoms with Crippen molar-refractivity contribution >= 4 is 5.91 Å². The van der Waals surface area contributed by atoms with Crippen molar-refractivity contribution in [1.29, 1.82) is 0 Å². The van der Waals surface area contributed by atoms with Crippen molar-refractivity contribution in [1.82, 2.24) is 9.80 Å². The van der Waals surface area contributed by atoms with Gasteiger partial charge in [0.15, 0.2) is 0 Å². The highest BCUT2D eigenvalue weighted by Crippen LogP contribution is 2.27. The average Bonchev–Trinajstić information content (AvgIpc) is 2.86. The van der Waals surface area contributed by atoms with Crippen LogP contribution < -0.4 is 9.47 Å². The summed E-state index contributed by atoms with van der Waals surface area (Å²) in [5, 5.41) is 0. The van der Waals surface area contributed by atoms with E-state index in [1.165, 1.54) is 5.56 Å². The van der Waals surface area contributed by atoms with Crippen LogP contribution in [0.2, 0.25) is 0 Å². The quantitative estimate of drug-likeness (QED) is 0.592. The zero-order valence-corrected chi connectivity index (χ0v) is 21.4. The van der Waals surface area contributed by atoms with Gasteiger partial charge in [0.1, 0.15) is 18.1 Å². The predicted octanol–water partition coefficient (Wildman–Crippen LogP) is 5.16. The van der Waals surface area contributed by atoms with Crippen LogP contribution in [-0.4, -0.2) is 67.3 Å². The number of ether oxygens (including phenoxy) is 3. The second kappa shape index (κ2) is 12.4. The Morgan fingerprint density at radius 2 is 1.83 bits per heavy atom. The summed E-state index contributed by atoms with van der Waals surface area (Å²) in [5.74, 6) is 1.75. The van der Waals surface area contributed by atoms with E-state index in [4.69, 9.17) is 14.2 Å². The summed E-state index contributed by atoms with van der Waals surface area (Å²) in [6.45, 7) is 8.16. The van der Waals surface area contributed by atoms with Crippen molar-refractivity contribution in [2.24, 2.45) is 0 Å². The van der Waals surface area contributed by atoms with Gasteiger partial charge in [0.2, 0.25) is 0 Å². The van der Waals surface area contributed by atoms with Gasteiger partial charge in [-0.2, -0.15) is 0 Å². The van der Waals surface area contributed by atoms with Crippen LogP contribution >= 0.6 is 0 Å². The summed E-state index contributed by atoms with van der Waals surface area (Å²) < 4.78 is 17.7. The lowest BCUT2D eigenvalue weighted by atomic mass is 9.93. The molecule has 6 heteroatoms. The number of piperidine rings is 1. The molecule has 2 aromatic carbocycles. The van der Waals surface area contributed by atoms with E-state index in [0.717, 1.165) is 69.8 Å². The van der Waals surface area contributed by atoms with Crippen molar-refractivity contribution in [2.75, 3.05) is 33.4 Å². The molecular formula is C29H40N2O4. The minimum absolute atomic E-state index is 0.0887. The largest absolute Gasteiger partial charge is 0.492 e. The van der Waals surface area contributed by atoms with E-state index in [9.17, 15) is 4.79 Å². The second-order valence-corrected chi connectivity index (χ2v) is 9.94. The number of fused-ring (bicyclic) bond motifs is 3. The third-order valence-corrected chi connectivity index (χ3v) is 6.96. The standard InChI is InChI=1S/C29H40N2O4/c1-22(2)35-25-14-12-23(13-15-25)21-30-16-5-4-10-27-28(33-3)11-7-17-31(27)29(32)24-8-6-9-26(20-24)34-19-18-30/h6,8-9,12-15,20,22,27-28H,4-5,7,10-11,16-19,21H2,1-3H3/t27-,28-/m1/s1. The molecule has 2 aliphatic heterocycles. The molecule has 1 fully saturated rings. The molecule has 1 saturated heterocycles. The Morgan fingerprint density at radius 3 is 2.60 bits per heavy atom. The molecule has 0 N–H and O–H groups in total. The minimum atomic E-state index is 0.0887. The third-order valence-electron chi connectivity index (χ3n) is 6.96. The van der Waals surface area contributed by atoms with Gasteiger partial charge in [-0.25, -0.2) is 0 Å². The van der Waals surface area contributed by atoms with Crippen molar-refractivity contribution in [2.45, 2.75) is 70.7 Å². The number of carbonyl (C=O) groups is 1. The molecule has 0 aromatic heterocycles. The van der Waals surface area contributed by atoms with Gasteiger partial charge in [-0.1, -0.05) is 24.6 Å². The maximum absolute atomic E-state index is 13.4. The fourth-order valence-electron chi connectivity index (χ4n) is 5.23. The maximum atomic E-state index is 13.4. The minimum Gasteiger partial charge on any atom is -0.492 e. The van der Waals surface area contributed by atoms with Crippen LogP contribution in [0.4, 0.5) is 0 Å². The number of amides is 1. The number of hydrogen-bond donors (Lipinski definition) is 0. The monoisotopic (exact) mass is 480 g/mol. The van der Waals surface area contributed by atoms with Crippen LogP contribution in [0.3, 0.4) is 0 Å². The van der Waals surface area contributed by atoms with Crippen LogP contribution in [0.15, 0.2) is 48.5 Å². The molecule has 0 radical (unpaired) electrons. The molecule has 0 spiro atoms. The molecule has 190 valence electrons. The van der Waals surface area contributed by atoms with Gasteiger partial charge in [0.25, 0.3) is 5.91 Å². The Balaban J connectivity index is 1.48. The number of hydrogen-bond acceptors (Lipinski definition) is 5. The zero-order valence-electron chi connectivity index (χ0n) is 21.4. The molecule has 4 rings (SSSR count). The second-order valence-electron chi connectivity index (χ2n) is 9.94. The number of rotatable bonds is 5. The van der Waals surface area contributed by atoms with Gasteiger partial charge in [-0.05, 0) is 82.0 Å². The normalized spacial score (nSPS) is 22.3. The topological polar surface area (TPSA) is 51.2 Å². The summed E-state index contributed by atoms with van der Waals surface area (Å²) in [5.41, 5.74) is 1.97. The Morgan fingerprint density at radius 1 is 1.00 bits per heavy atom. The van der Waals surface area contributed by atoms with Crippen molar-refractivity contribution < 1.29 is 19.0 Å². The highest BCUT2D eigenvalue weighted by molar-refractivity contribution is 5.95. The first-order chi connectivity index (χ1) is 17.0. The number of nitrogens with zero attached hydrogens (tertiary/aromatic N) is 2. The van der Waals surface area contributed by atoms with Gasteiger partial charge in [-0.3, -0.25) is 9.69 Å². The van der Waals surface area contributed by atoms with Gasteiger partial charge in [0.05, 0.1) is 18.2 Å². The lowest BCUT2D eigenvalue weighted by Gasteiger charge is -2.41. The fraction of sp³-hybridized carbons (Fsp3) is 0.552. The van der Waals surface area contributed by atoms with Gasteiger partial charge in [0, 0.05) is 32.3 Å². The molecule has 2 atom stereocenters. The van der Waals surface area contributed by atoms with E-state index in [0.29, 0.717) is 12.2 Å². The van der Waals surface area contributed by atoms with E-state index in [-0.39, 0.29) is 24.2 Å². The summed E-state index contributed by atoms with van der Waals surface area (Å²) in [4.78, 5) is 17.9. The molecule has 2 aliphatic rings. The van der Waals surface area contributed by atoms with Crippen molar-refractivity contribution in [3.05, 3.63) is 59.7 Å². The van der Waals surface area contributed by atoms with E-state index in [2.05, 4.69) is 29.2 Å². The van der Waals surface area contributed by atoms with Crippen LogP contribution in [0.1, 0.15) is 61.9 Å². The summed E-state index contributed by atoms with van der Waals surface area (Å²) >= 11 is 0. The Kier molecular flexibility index (Phi) is 9.05. The lowest BCUT2D eigenvalue weighted by Crippen LogP contribution is -2.51. The number of carbonyl (C=O) groups excluding carboxylic acids is 1. The first kappa shape index (κ1) is 25.5. The van der Waals surface area contributed by atoms with Crippen molar-refractivity contribution in [3.8, 4) is 11.5 Å². The van der Waals surface area contributed by atoms with E-state index in [1.807, 2.05) is 43.0 Å². The van der Waals surface area contributed by atoms with Crippen LogP contribution in [0, 0.1) is 0 Å². The molecule has 2 bridgehead atoms. The molecule has 0 saturated carbocycles. The number of methoxy groups -OCH3 is 1. The molecule has 0 aliphatic carbocycles. The van der Waals surface area contributed by atoms with E-state index in [1.54, 1.807) is 7.11 Å². The Labute approximate surface area is 210 Å². The van der Waals surface area contributed by atoms with E-state index < -0.39 is 0 Å². The first-order valence-corrected chi connectivity index (χ1v) is 13.1. The highest BCUT2D eigenvalue weighted by atomic mass is 16.5. The average molecular weight is 481 g/mol. The van der Waals surface area contributed by atoms with Gasteiger partial charge >= 0.3 is 0 Å². The van der Waals surface area contributed by atoms with Crippen LogP contribution in [0.5, 0.6) is 11.5 Å². The van der Waals surface area contributed by atoms with Crippen molar-refractivity contribution in [3.63, 3.8) is 0 Å². The van der Waals surface area contributed by atoms with Crippen LogP contribution in [-0.2, 0) is 11.3 Å². The summed E-state index contributed by atoms with van der Waals surface area (Å²) in [6.07, 6.45) is 5.37. The SMILES string of the molecule is CO[C@@H]1CCCN2C(=O)c3cccc(c3)OCCN(Cc3ccc(OC(C)C)cc3)CCCC[C@H]12. The lowest BCUT2D eigenvalue weighted by molar-refractivity contribution is -0.0156. The molecule has 35 heavy (non-hydrogen) atoms. The molecule has 6 nitrogen and oxygen atoms in total. The smallest absolute Gasteiger partial charge is 0.254 e. The fourth-order valence-corrected chi connectivity index (χ4v) is 5.23. The van der Waals surface area contributed by atoms with Crippen LogP contribution in [0.25, 0.3) is 0 Å². The molecule has 0 unspecified atom stereocenters. The summed E-state index contributed by atoms with van der Waals surface area (Å²) in [7, 11) is 1.78. The Bertz CT molecular complexity index is 946. The molecule has 2 heterocycles. The molecular weight excluding hydrogens is 440 g/mol.